The Morgan fingerprint density at radius 1 is 1.19 bits per heavy atom. The zero-order chi connectivity index (χ0) is 29.9. The molecule has 0 spiro atoms. The molecule has 0 unspecified atom stereocenters. The molecule has 2 fully saturated rings. The number of ether oxygens (including phenoxy) is 1. The molecule has 3 heterocycles. The first-order valence-electron chi connectivity index (χ1n) is 14.6. The number of aliphatic imine (C=N–C) groups is 1. The predicted molar refractivity (Wildman–Crippen MR) is 162 cm³/mol. The van der Waals surface area contributed by atoms with E-state index in [4.69, 9.17) is 16.2 Å². The van der Waals surface area contributed by atoms with Crippen LogP contribution in [0.4, 0.5) is 22.0 Å². The first-order valence-corrected chi connectivity index (χ1v) is 14.6. The van der Waals surface area contributed by atoms with Crippen LogP contribution >= 0.6 is 0 Å². The molecular formula is C31H35FN8O3. The molecule has 6 rings (SSSR count). The molecule has 3 aromatic rings. The van der Waals surface area contributed by atoms with E-state index >= 15 is 4.39 Å². The van der Waals surface area contributed by atoms with Crippen LogP contribution in [0.5, 0.6) is 0 Å². The van der Waals surface area contributed by atoms with Crippen molar-refractivity contribution in [1.82, 2.24) is 15.0 Å². The highest BCUT2D eigenvalue weighted by atomic mass is 19.1. The average molecular weight is 587 g/mol. The summed E-state index contributed by atoms with van der Waals surface area (Å²) in [5, 5.41) is 13.5. The normalized spacial score (nSPS) is 17.9. The van der Waals surface area contributed by atoms with E-state index in [9.17, 15) is 9.90 Å². The molecule has 0 bridgehead atoms. The number of carbonyl (C=O) groups excluding carboxylic acids is 1. The van der Waals surface area contributed by atoms with Gasteiger partial charge in [-0.2, -0.15) is 15.0 Å². The summed E-state index contributed by atoms with van der Waals surface area (Å²) in [6.07, 6.45) is 7.54. The van der Waals surface area contributed by atoms with Crippen LogP contribution in [0.2, 0.25) is 0 Å². The average Bonchev–Trinajstić information content (AvgIpc) is 3.86. The maximum absolute atomic E-state index is 15.2. The van der Waals surface area contributed by atoms with Crippen LogP contribution in [0, 0.1) is 11.7 Å². The van der Waals surface area contributed by atoms with Gasteiger partial charge in [-0.3, -0.25) is 9.79 Å². The number of anilines is 3. The molecule has 2 aromatic carbocycles. The fourth-order valence-corrected chi connectivity index (χ4v) is 5.72. The number of rotatable bonds is 9. The van der Waals surface area contributed by atoms with Gasteiger partial charge in [0, 0.05) is 49.8 Å². The number of hydrogen-bond donors (Lipinski definition) is 4. The van der Waals surface area contributed by atoms with Crippen LogP contribution in [0.25, 0.3) is 11.4 Å². The third-order valence-electron chi connectivity index (χ3n) is 8.17. The maximum atomic E-state index is 15.2. The number of aliphatic hydroxyl groups is 1. The topological polar surface area (TPSA) is 165 Å². The highest BCUT2D eigenvalue weighted by Crippen LogP contribution is 2.42. The van der Waals surface area contributed by atoms with Gasteiger partial charge in [-0.15, -0.1) is 0 Å². The number of fused-ring (bicyclic) bond motifs is 1. The van der Waals surface area contributed by atoms with Gasteiger partial charge in [-0.05, 0) is 67.2 Å². The number of nitrogens with zero attached hydrogens (tertiary/aromatic N) is 5. The predicted octanol–water partition coefficient (Wildman–Crippen LogP) is 3.54. The summed E-state index contributed by atoms with van der Waals surface area (Å²) in [7, 11) is 0. The highest BCUT2D eigenvalue weighted by Gasteiger charge is 2.33. The molecule has 1 aromatic heterocycles. The number of aromatic nitrogens is 3. The number of halogens is 1. The lowest BCUT2D eigenvalue weighted by Gasteiger charge is -2.31. The van der Waals surface area contributed by atoms with Gasteiger partial charge in [0.05, 0.1) is 23.6 Å². The van der Waals surface area contributed by atoms with Crippen LogP contribution in [0.1, 0.15) is 58.6 Å². The van der Waals surface area contributed by atoms with E-state index in [1.807, 2.05) is 6.07 Å². The zero-order valence-corrected chi connectivity index (χ0v) is 23.8. The van der Waals surface area contributed by atoms with Gasteiger partial charge in [-0.25, -0.2) is 4.39 Å². The van der Waals surface area contributed by atoms with Crippen LogP contribution < -0.4 is 21.7 Å². The van der Waals surface area contributed by atoms with Crippen molar-refractivity contribution < 1.29 is 19.0 Å². The molecule has 6 N–H and O–H groups in total. The lowest BCUT2D eigenvalue weighted by Crippen LogP contribution is -2.39. The minimum Gasteiger partial charge on any atom is -0.403 e. The number of allylic oxidation sites excluding steroid dienone is 1. The van der Waals surface area contributed by atoms with E-state index in [-0.39, 0.29) is 23.3 Å². The third-order valence-corrected chi connectivity index (χ3v) is 8.17. The second-order valence-corrected chi connectivity index (χ2v) is 11.1. The molecule has 0 radical (unpaired) electrons. The summed E-state index contributed by atoms with van der Waals surface area (Å²) >= 11 is 0. The molecule has 43 heavy (non-hydrogen) atoms. The van der Waals surface area contributed by atoms with Gasteiger partial charge in [0.1, 0.15) is 5.82 Å². The Morgan fingerprint density at radius 3 is 2.74 bits per heavy atom. The van der Waals surface area contributed by atoms with Crippen molar-refractivity contribution in [1.29, 1.82) is 0 Å². The Morgan fingerprint density at radius 2 is 2.00 bits per heavy atom. The number of nitrogens with two attached hydrogens (primary N) is 2. The van der Waals surface area contributed by atoms with Crippen molar-refractivity contribution in [3.05, 3.63) is 70.3 Å². The number of nitrogen functional groups attached to an aromatic ring is 1. The van der Waals surface area contributed by atoms with Gasteiger partial charge in [0.25, 0.3) is 5.91 Å². The Labute approximate surface area is 248 Å². The van der Waals surface area contributed by atoms with Crippen LogP contribution in [-0.2, 0) is 17.8 Å². The zero-order valence-electron chi connectivity index (χ0n) is 23.8. The molecule has 1 amide bonds. The number of aliphatic hydroxyl groups excluding tert-OH is 1. The fraction of sp³-hybridized carbons (Fsp3) is 0.387. The summed E-state index contributed by atoms with van der Waals surface area (Å²) in [6.45, 7) is 2.09. The standard InChI is InChI=1S/C31H35FN8O3/c32-25-13-21(19-4-5-19)12-20-6-9-40(29(42)27(20)25)26-3-1-2-23(24(26)17-41)28-37-30(34)39-31(38-28)36-22(14-33)16-35-15-18-7-10-43-11-8-18/h1-3,12-14,16,18-19,41H,4-11,15,17,33H2,(H3,34,36,37,38,39)/b22-14+,35-16?. The summed E-state index contributed by atoms with van der Waals surface area (Å²) in [4.78, 5) is 32.6. The van der Waals surface area contributed by atoms with E-state index in [1.54, 1.807) is 24.4 Å². The third kappa shape index (κ3) is 6.20. The number of nitrogens with one attached hydrogen (secondary N) is 1. The van der Waals surface area contributed by atoms with E-state index in [1.165, 1.54) is 17.2 Å². The van der Waals surface area contributed by atoms with Gasteiger partial charge < -0.3 is 31.5 Å². The Bertz CT molecular complexity index is 1580. The van der Waals surface area contributed by atoms with Crippen molar-refractivity contribution in [3.8, 4) is 11.4 Å². The molecule has 1 saturated carbocycles. The number of benzene rings is 2. The van der Waals surface area contributed by atoms with Crippen LogP contribution in [0.3, 0.4) is 0 Å². The highest BCUT2D eigenvalue weighted by molar-refractivity contribution is 6.09. The second kappa shape index (κ2) is 12.4. The summed E-state index contributed by atoms with van der Waals surface area (Å²) in [5.74, 6) is 0.195. The molecule has 0 atom stereocenters. The minimum absolute atomic E-state index is 0.0474. The monoisotopic (exact) mass is 586 g/mol. The van der Waals surface area contributed by atoms with Gasteiger partial charge in [0.2, 0.25) is 11.9 Å². The molecule has 224 valence electrons. The number of carbonyl (C=O) groups is 1. The van der Waals surface area contributed by atoms with Crippen LogP contribution in [-0.4, -0.2) is 58.5 Å². The van der Waals surface area contributed by atoms with Gasteiger partial charge in [0.15, 0.2) is 5.82 Å². The minimum atomic E-state index is -0.503. The maximum Gasteiger partial charge on any atom is 0.261 e. The van der Waals surface area contributed by atoms with E-state index in [0.717, 1.165) is 50.0 Å². The lowest BCUT2D eigenvalue weighted by molar-refractivity contribution is 0.0690. The van der Waals surface area contributed by atoms with Crippen molar-refractivity contribution in [2.75, 3.05) is 42.3 Å². The summed E-state index contributed by atoms with van der Waals surface area (Å²) in [5.41, 5.74) is 15.5. The van der Waals surface area contributed by atoms with Gasteiger partial charge in [-0.1, -0.05) is 18.2 Å². The molecule has 1 saturated heterocycles. The van der Waals surface area contributed by atoms with Crippen molar-refractivity contribution in [2.24, 2.45) is 16.6 Å². The first-order chi connectivity index (χ1) is 20.9. The molecule has 12 heteroatoms. The first kappa shape index (κ1) is 28.7. The summed E-state index contributed by atoms with van der Waals surface area (Å²) in [6, 6.07) is 8.65. The SMILES string of the molecule is N/C=C(\C=NCC1CCOCC1)Nc1nc(N)nc(-c2cccc(N3CCc4cc(C5CC5)cc(F)c4C3=O)c2CO)n1. The quantitative estimate of drug-likeness (QED) is 0.274. The molecule has 1 aliphatic carbocycles. The smallest absolute Gasteiger partial charge is 0.261 e. The summed E-state index contributed by atoms with van der Waals surface area (Å²) < 4.78 is 20.6. The van der Waals surface area contributed by atoms with Crippen molar-refractivity contribution in [2.45, 2.75) is 44.6 Å². The van der Waals surface area contributed by atoms with Gasteiger partial charge >= 0.3 is 0 Å². The number of amides is 1. The molecule has 11 nitrogen and oxygen atoms in total. The van der Waals surface area contributed by atoms with E-state index in [2.05, 4.69) is 25.3 Å². The Kier molecular flexibility index (Phi) is 8.30. The fourth-order valence-electron chi connectivity index (χ4n) is 5.72. The molecule has 3 aliphatic rings. The van der Waals surface area contributed by atoms with E-state index < -0.39 is 18.3 Å². The molecular weight excluding hydrogens is 551 g/mol. The number of hydrogen-bond acceptors (Lipinski definition) is 10. The van der Waals surface area contributed by atoms with Crippen LogP contribution in [0.15, 0.2) is 47.2 Å². The van der Waals surface area contributed by atoms with Crippen molar-refractivity contribution >= 4 is 29.7 Å². The Balaban J connectivity index is 1.25. The second-order valence-electron chi connectivity index (χ2n) is 11.1. The van der Waals surface area contributed by atoms with E-state index in [0.29, 0.717) is 53.9 Å². The largest absolute Gasteiger partial charge is 0.403 e. The van der Waals surface area contributed by atoms with Crippen molar-refractivity contribution in [3.63, 3.8) is 0 Å². The molecule has 2 aliphatic heterocycles. The lowest BCUT2D eigenvalue weighted by atomic mass is 9.93. The Hall–Kier alpha value is -4.42.